The van der Waals surface area contributed by atoms with Crippen molar-refractivity contribution in [1.82, 2.24) is 0 Å². The van der Waals surface area contributed by atoms with Gasteiger partial charge in [0, 0.05) is 0 Å². The summed E-state index contributed by atoms with van der Waals surface area (Å²) in [6.07, 6.45) is 27.4. The number of hydrogen-bond acceptors (Lipinski definition) is 6. The Morgan fingerprint density at radius 3 is 1.23 bits per heavy atom. The molecule has 0 radical (unpaired) electrons. The molecule has 8 heteroatoms. The zero-order chi connectivity index (χ0) is 39.2. The Kier molecular flexibility index (Phi) is 16.6. The van der Waals surface area contributed by atoms with E-state index >= 15 is 0 Å². The molecule has 8 nitrogen and oxygen atoms in total. The highest BCUT2D eigenvalue weighted by Gasteiger charge is 2.39. The fraction of sp³-hybridized carbons (Fsp3) is 0.409. The maximum Gasteiger partial charge on any atom is 0.329 e. The molecule has 2 aliphatic rings. The molecule has 52 heavy (non-hydrogen) atoms. The summed E-state index contributed by atoms with van der Waals surface area (Å²) in [6, 6.07) is 0. The van der Waals surface area contributed by atoms with Gasteiger partial charge in [0.25, 0.3) is 0 Å². The minimum atomic E-state index is -1.09. The van der Waals surface area contributed by atoms with Crippen molar-refractivity contribution in [3.05, 3.63) is 130 Å². The molecule has 0 spiro atoms. The van der Waals surface area contributed by atoms with Gasteiger partial charge in [-0.25, -0.2) is 9.59 Å². The highest BCUT2D eigenvalue weighted by Crippen LogP contribution is 2.42. The predicted octanol–water partition coefficient (Wildman–Crippen LogP) is 9.12. The average Bonchev–Trinajstić information content (AvgIpc) is 3.04. The van der Waals surface area contributed by atoms with Crippen molar-refractivity contribution in [1.29, 1.82) is 0 Å². The highest BCUT2D eigenvalue weighted by atomic mass is 16.5. The number of ketones is 2. The minimum absolute atomic E-state index is 0.163. The van der Waals surface area contributed by atoms with Crippen LogP contribution in [0.2, 0.25) is 0 Å². The Morgan fingerprint density at radius 1 is 0.596 bits per heavy atom. The first-order valence-corrected chi connectivity index (χ1v) is 17.5. The molecule has 2 rings (SSSR count). The Balaban J connectivity index is 1.97. The quantitative estimate of drug-likeness (QED) is 0.152. The van der Waals surface area contributed by atoms with Crippen molar-refractivity contribution in [2.24, 2.45) is 10.8 Å². The molecule has 0 aromatic carbocycles. The predicted molar refractivity (Wildman–Crippen MR) is 208 cm³/mol. The van der Waals surface area contributed by atoms with Crippen LogP contribution in [-0.4, -0.2) is 59.1 Å². The van der Waals surface area contributed by atoms with Gasteiger partial charge in [-0.2, -0.15) is 0 Å². The number of carboxylic acid groups (broad SMARTS) is 2. The van der Waals surface area contributed by atoms with Gasteiger partial charge in [-0.1, -0.05) is 135 Å². The minimum Gasteiger partial charge on any atom is -0.480 e. The van der Waals surface area contributed by atoms with Crippen LogP contribution in [0.25, 0.3) is 0 Å². The van der Waals surface area contributed by atoms with Crippen LogP contribution in [0.4, 0.5) is 0 Å². The molecule has 0 saturated carbocycles. The van der Waals surface area contributed by atoms with E-state index < -0.39 is 37.4 Å². The fourth-order valence-corrected chi connectivity index (χ4v) is 6.18. The second kappa shape index (κ2) is 19.8. The first-order chi connectivity index (χ1) is 24.2. The van der Waals surface area contributed by atoms with Gasteiger partial charge in [0.05, 0.1) is 0 Å². The lowest BCUT2D eigenvalue weighted by molar-refractivity contribution is -0.149. The number of carbonyl (C=O) groups excluding carboxylic acids is 2. The Bertz CT molecular complexity index is 1600. The molecule has 0 saturated heterocycles. The molecule has 2 N–H and O–H groups in total. The van der Waals surface area contributed by atoms with Gasteiger partial charge in [0.15, 0.2) is 11.6 Å². The van der Waals surface area contributed by atoms with Gasteiger partial charge in [-0.3, -0.25) is 9.59 Å². The summed E-state index contributed by atoms with van der Waals surface area (Å²) in [6.45, 7) is 18.8. The number of aliphatic carboxylic acids is 2. The summed E-state index contributed by atoms with van der Waals surface area (Å²) >= 11 is 0. The highest BCUT2D eigenvalue weighted by molar-refractivity contribution is 6.01. The van der Waals surface area contributed by atoms with Crippen LogP contribution in [-0.2, 0) is 28.7 Å². The molecule has 0 fully saturated rings. The summed E-state index contributed by atoms with van der Waals surface area (Å²) < 4.78 is 10.7. The molecule has 2 atom stereocenters. The van der Waals surface area contributed by atoms with Gasteiger partial charge >= 0.3 is 11.9 Å². The van der Waals surface area contributed by atoms with Crippen molar-refractivity contribution >= 4 is 23.5 Å². The SMILES string of the molecule is CC1=C(/C=C/C(C)=C/C=C/C(C)=C/C=C/C=C(C)/C=C/C=C(C)/C=C/C2=C(C)C(=O)C(OCC(=O)O)CC2(C)C)C(C)(C)CC(OCC(=O)O)C1=O. The van der Waals surface area contributed by atoms with Crippen molar-refractivity contribution in [3.8, 4) is 0 Å². The van der Waals surface area contributed by atoms with E-state index in [1.165, 1.54) is 0 Å². The first kappa shape index (κ1) is 43.5. The van der Waals surface area contributed by atoms with Crippen LogP contribution >= 0.6 is 0 Å². The molecular formula is C44H56O8. The number of Topliss-reactive ketones (excluding diaryl/α,β-unsaturated/α-hetero) is 2. The van der Waals surface area contributed by atoms with Crippen LogP contribution in [0.1, 0.15) is 82.1 Å². The Morgan fingerprint density at radius 2 is 0.904 bits per heavy atom. The molecular weight excluding hydrogens is 656 g/mol. The normalized spacial score (nSPS) is 22.4. The monoisotopic (exact) mass is 712 g/mol. The van der Waals surface area contributed by atoms with E-state index in [-0.39, 0.29) is 22.4 Å². The summed E-state index contributed by atoms with van der Waals surface area (Å²) in [4.78, 5) is 47.4. The number of allylic oxidation sites excluding steroid dienone is 20. The third-order valence-electron chi connectivity index (χ3n) is 9.09. The molecule has 0 aliphatic heterocycles. The van der Waals surface area contributed by atoms with Crippen molar-refractivity contribution in [2.75, 3.05) is 13.2 Å². The molecule has 0 amide bonds. The first-order valence-electron chi connectivity index (χ1n) is 17.5. The molecule has 2 aliphatic carbocycles. The van der Waals surface area contributed by atoms with Crippen LogP contribution in [0.5, 0.6) is 0 Å². The van der Waals surface area contributed by atoms with Crippen molar-refractivity contribution < 1.29 is 38.9 Å². The summed E-state index contributed by atoms with van der Waals surface area (Å²) in [5.74, 6) is -2.50. The fourth-order valence-electron chi connectivity index (χ4n) is 6.18. The third-order valence-corrected chi connectivity index (χ3v) is 9.09. The van der Waals surface area contributed by atoms with Gasteiger partial charge < -0.3 is 19.7 Å². The van der Waals surface area contributed by atoms with Crippen LogP contribution in [0.3, 0.4) is 0 Å². The summed E-state index contributed by atoms with van der Waals surface area (Å²) in [5.41, 5.74) is 6.61. The summed E-state index contributed by atoms with van der Waals surface area (Å²) in [7, 11) is 0. The third kappa shape index (κ3) is 13.8. The van der Waals surface area contributed by atoms with Crippen LogP contribution in [0, 0.1) is 10.8 Å². The van der Waals surface area contributed by atoms with E-state index in [0.29, 0.717) is 24.0 Å². The zero-order valence-electron chi connectivity index (χ0n) is 32.4. The maximum atomic E-state index is 12.8. The van der Waals surface area contributed by atoms with E-state index in [4.69, 9.17) is 19.7 Å². The number of hydrogen-bond donors (Lipinski definition) is 2. The number of carbonyl (C=O) groups is 4. The second-order valence-electron chi connectivity index (χ2n) is 14.8. The molecule has 2 unspecified atom stereocenters. The topological polar surface area (TPSA) is 127 Å². The zero-order valence-corrected chi connectivity index (χ0v) is 32.4. The van der Waals surface area contributed by atoms with Crippen LogP contribution < -0.4 is 0 Å². The van der Waals surface area contributed by atoms with Gasteiger partial charge in [0.1, 0.15) is 25.4 Å². The average molecular weight is 713 g/mol. The number of carboxylic acids is 2. The van der Waals surface area contributed by atoms with E-state index in [1.807, 2.05) is 140 Å². The molecule has 0 heterocycles. The van der Waals surface area contributed by atoms with Gasteiger partial charge in [0.2, 0.25) is 0 Å². The van der Waals surface area contributed by atoms with E-state index in [1.54, 1.807) is 13.8 Å². The number of rotatable bonds is 16. The van der Waals surface area contributed by atoms with E-state index in [9.17, 15) is 19.2 Å². The molecule has 0 aromatic heterocycles. The summed E-state index contributed by atoms with van der Waals surface area (Å²) in [5, 5.41) is 17.8. The lowest BCUT2D eigenvalue weighted by Gasteiger charge is -2.36. The van der Waals surface area contributed by atoms with Crippen molar-refractivity contribution in [2.45, 2.75) is 94.3 Å². The maximum absolute atomic E-state index is 12.8. The molecule has 0 bridgehead atoms. The lowest BCUT2D eigenvalue weighted by atomic mass is 9.71. The second-order valence-corrected chi connectivity index (χ2v) is 14.8. The smallest absolute Gasteiger partial charge is 0.329 e. The standard InChI is InChI=1S/C44H56O8/c1-29(17-13-19-31(3)21-23-35-33(5)41(49)37(25-43(35,7)8)51-27-39(45)46)15-11-12-16-30(2)18-14-20-32(4)22-24-36-34(6)42(50)38(26-44(36,9)10)52-28-40(47)48/h11-24,37-38H,25-28H2,1-10H3,(H,45,46)(H,47,48)/b12-11+,17-13+,18-14+,23-21+,24-22+,29-15+,30-16+,31-19+,32-20+. The Hall–Kier alpha value is -4.66. The largest absolute Gasteiger partial charge is 0.480 e. The number of ether oxygens (including phenoxy) is 2. The van der Waals surface area contributed by atoms with Gasteiger partial charge in [-0.05, 0) is 87.5 Å². The van der Waals surface area contributed by atoms with Crippen LogP contribution in [0.15, 0.2) is 130 Å². The van der Waals surface area contributed by atoms with E-state index in [0.717, 1.165) is 33.4 Å². The van der Waals surface area contributed by atoms with Crippen molar-refractivity contribution in [3.63, 3.8) is 0 Å². The van der Waals surface area contributed by atoms with Gasteiger partial charge in [-0.15, -0.1) is 0 Å². The Labute approximate surface area is 309 Å². The molecule has 0 aromatic rings. The van der Waals surface area contributed by atoms with E-state index in [2.05, 4.69) is 0 Å². The molecule has 280 valence electrons. The lowest BCUT2D eigenvalue weighted by Crippen LogP contribution is -2.38.